The highest BCUT2D eigenvalue weighted by molar-refractivity contribution is 5.74. The molecule has 0 bridgehead atoms. The molecule has 0 aromatic rings. The third-order valence-electron chi connectivity index (χ3n) is 13.4. The van der Waals surface area contributed by atoms with Gasteiger partial charge in [0.05, 0.1) is 6.61 Å². The number of carboxylic acids is 1. The van der Waals surface area contributed by atoms with Gasteiger partial charge in [-0.1, -0.05) is 218 Å². The minimum atomic E-state index is -1.93. The molecular weight excluding hydrogens is 1040 g/mol. The fourth-order valence-electron chi connectivity index (χ4n) is 8.58. The highest BCUT2D eigenvalue weighted by Gasteiger charge is 2.50. The molecule has 6 unspecified atom stereocenters. The Hall–Kier alpha value is -5.40. The summed E-state index contributed by atoms with van der Waals surface area (Å²) in [6.45, 7) is 5.66. The van der Waals surface area contributed by atoms with Crippen molar-refractivity contribution in [1.29, 1.82) is 0 Å². The molecule has 0 amide bonds. The van der Waals surface area contributed by atoms with E-state index in [-0.39, 0.29) is 25.9 Å². The predicted molar refractivity (Wildman–Crippen MR) is 339 cm³/mol. The Labute approximate surface area is 502 Å². The molecule has 0 spiro atoms. The lowest BCUT2D eigenvalue weighted by atomic mass is 9.98. The monoisotopic (exact) mass is 1150 g/mol. The van der Waals surface area contributed by atoms with Gasteiger partial charge in [0.1, 0.15) is 18.8 Å². The van der Waals surface area contributed by atoms with Crippen molar-refractivity contribution in [2.75, 3.05) is 13.2 Å². The molecule has 0 aromatic carbocycles. The van der Waals surface area contributed by atoms with E-state index in [2.05, 4.69) is 161 Å². The van der Waals surface area contributed by atoms with Crippen LogP contribution in [0.1, 0.15) is 226 Å². The number of aliphatic hydroxyl groups is 2. The number of carbonyl (C=O) groups excluding carboxylic acids is 3. The Morgan fingerprint density at radius 3 is 1.19 bits per heavy atom. The van der Waals surface area contributed by atoms with E-state index in [0.29, 0.717) is 25.7 Å². The number of esters is 3. The fourth-order valence-corrected chi connectivity index (χ4v) is 8.58. The molecule has 1 aliphatic heterocycles. The van der Waals surface area contributed by atoms with Crippen molar-refractivity contribution in [1.82, 2.24) is 0 Å². The molecule has 0 radical (unpaired) electrons. The second kappa shape index (κ2) is 57.1. The zero-order valence-corrected chi connectivity index (χ0v) is 51.4. The zero-order valence-electron chi connectivity index (χ0n) is 51.4. The van der Waals surface area contributed by atoms with Crippen LogP contribution >= 0.6 is 0 Å². The zero-order chi connectivity index (χ0) is 60.3. The number of carbonyl (C=O) groups is 4. The number of hydrogen-bond acceptors (Lipinski definition) is 11. The van der Waals surface area contributed by atoms with Crippen LogP contribution in [-0.4, -0.2) is 89.2 Å². The third-order valence-corrected chi connectivity index (χ3v) is 13.4. The Kier molecular flexibility index (Phi) is 52.0. The highest BCUT2D eigenvalue weighted by atomic mass is 16.7. The van der Waals surface area contributed by atoms with Gasteiger partial charge in [-0.15, -0.1) is 0 Å². The minimum absolute atomic E-state index is 0.0288. The van der Waals surface area contributed by atoms with E-state index in [1.165, 1.54) is 19.3 Å². The van der Waals surface area contributed by atoms with Crippen LogP contribution in [0.3, 0.4) is 0 Å². The van der Waals surface area contributed by atoms with Crippen molar-refractivity contribution in [3.8, 4) is 0 Å². The molecule has 1 fully saturated rings. The first-order valence-electron chi connectivity index (χ1n) is 31.8. The summed E-state index contributed by atoms with van der Waals surface area (Å²) in [6, 6.07) is 0. The minimum Gasteiger partial charge on any atom is -0.479 e. The molecule has 466 valence electrons. The number of unbranched alkanes of at least 4 members (excludes halogenated alkanes) is 14. The van der Waals surface area contributed by atoms with Gasteiger partial charge in [0.15, 0.2) is 24.6 Å². The smallest absolute Gasteiger partial charge is 0.335 e. The van der Waals surface area contributed by atoms with Crippen LogP contribution in [-0.2, 0) is 42.9 Å². The number of carboxylic acid groups (broad SMARTS) is 1. The Balaban J connectivity index is 2.74. The number of aliphatic hydroxyl groups excluding tert-OH is 2. The SMILES string of the molecule is CC/C=C\C/C=C\C/C=C\C/C=C\C/C=C\CCCC(=O)OCC(COC1OC(C(=O)O)C(O)C(O)C1OC(=O)CCCCCCCC/C=C\C/C=C\C/C=C\CCCCC)OC(=O)CCCCCC/C=C\C/C=C\C/C=C\C/C=C\CC. The quantitative estimate of drug-likeness (QED) is 0.0228. The van der Waals surface area contributed by atoms with E-state index >= 15 is 0 Å². The maximum Gasteiger partial charge on any atom is 0.335 e. The van der Waals surface area contributed by atoms with Crippen molar-refractivity contribution in [2.45, 2.75) is 263 Å². The standard InChI is InChI=1S/C71H110O12/c1-4-7-10-13-16-19-22-25-28-31-32-35-38-41-44-47-50-53-56-59-65(74)82-69-67(76)66(75)68(70(77)78)83-71(69)80-61-62(81-64(73)58-55-52-49-46-43-40-37-34-30-27-24-21-18-15-12-9-6-3)60-79-63(72)57-54-51-48-45-42-39-36-33-29-26-23-20-17-14-11-8-5-2/h8-9,11-12,16-21,25-30,32,35-37,39-40,45,48,62,66-69,71,75-76H,4-7,10,13-15,22-24,31,33-34,38,41-44,46-47,49-61H2,1-3H3,(H,77,78)/b11-8-,12-9-,19-16-,20-17-,21-18-,28-25-,29-26-,30-27-,35-32-,39-36-,40-37-,48-45-. The van der Waals surface area contributed by atoms with Gasteiger partial charge in [-0.2, -0.15) is 0 Å². The lowest BCUT2D eigenvalue weighted by Crippen LogP contribution is -2.61. The molecule has 3 N–H and O–H groups in total. The van der Waals surface area contributed by atoms with Crippen molar-refractivity contribution in [2.24, 2.45) is 0 Å². The van der Waals surface area contributed by atoms with Crippen LogP contribution in [0.15, 0.2) is 146 Å². The maximum atomic E-state index is 13.2. The summed E-state index contributed by atoms with van der Waals surface area (Å²) < 4.78 is 28.4. The maximum absolute atomic E-state index is 13.2. The van der Waals surface area contributed by atoms with Gasteiger partial charge in [-0.25, -0.2) is 4.79 Å². The molecule has 1 rings (SSSR count). The molecule has 0 aromatic heterocycles. The van der Waals surface area contributed by atoms with E-state index in [4.69, 9.17) is 23.7 Å². The first kappa shape index (κ1) is 75.6. The summed E-state index contributed by atoms with van der Waals surface area (Å²) in [7, 11) is 0. The summed E-state index contributed by atoms with van der Waals surface area (Å²) in [4.78, 5) is 51.3. The van der Waals surface area contributed by atoms with Crippen molar-refractivity contribution in [3.63, 3.8) is 0 Å². The summed E-state index contributed by atoms with van der Waals surface area (Å²) in [6.07, 6.45) is 69.5. The van der Waals surface area contributed by atoms with E-state index in [1.807, 2.05) is 6.08 Å². The van der Waals surface area contributed by atoms with Crippen molar-refractivity contribution in [3.05, 3.63) is 146 Å². The van der Waals surface area contributed by atoms with E-state index < -0.39 is 67.3 Å². The molecule has 6 atom stereocenters. The van der Waals surface area contributed by atoms with Crippen LogP contribution in [0.5, 0.6) is 0 Å². The van der Waals surface area contributed by atoms with Gasteiger partial charge in [0.25, 0.3) is 0 Å². The molecule has 0 aliphatic carbocycles. The Bertz CT molecular complexity index is 2000. The molecule has 12 heteroatoms. The second-order valence-electron chi connectivity index (χ2n) is 20.9. The molecule has 1 aliphatic rings. The number of allylic oxidation sites excluding steroid dienone is 24. The summed E-state index contributed by atoms with van der Waals surface area (Å²) in [5.41, 5.74) is 0. The molecule has 1 heterocycles. The number of hydrogen-bond donors (Lipinski definition) is 3. The average Bonchev–Trinajstić information content (AvgIpc) is 3.58. The average molecular weight is 1160 g/mol. The van der Waals surface area contributed by atoms with Gasteiger partial charge in [-0.05, 0) is 135 Å². The summed E-state index contributed by atoms with van der Waals surface area (Å²) >= 11 is 0. The van der Waals surface area contributed by atoms with Gasteiger partial charge in [0, 0.05) is 19.3 Å². The van der Waals surface area contributed by atoms with Crippen LogP contribution < -0.4 is 0 Å². The van der Waals surface area contributed by atoms with E-state index in [9.17, 15) is 34.5 Å². The first-order valence-corrected chi connectivity index (χ1v) is 31.8. The number of aliphatic carboxylic acids is 1. The Morgan fingerprint density at radius 1 is 0.410 bits per heavy atom. The lowest BCUT2D eigenvalue weighted by molar-refractivity contribution is -0.301. The Morgan fingerprint density at radius 2 is 0.771 bits per heavy atom. The van der Waals surface area contributed by atoms with E-state index in [1.54, 1.807) is 0 Å². The fraction of sp³-hybridized carbons (Fsp3) is 0.606. The van der Waals surface area contributed by atoms with Crippen molar-refractivity contribution >= 4 is 23.9 Å². The van der Waals surface area contributed by atoms with Crippen LogP contribution in [0.4, 0.5) is 0 Å². The third kappa shape index (κ3) is 46.6. The van der Waals surface area contributed by atoms with Crippen LogP contribution in [0, 0.1) is 0 Å². The number of rotatable bonds is 52. The number of ether oxygens (including phenoxy) is 5. The van der Waals surface area contributed by atoms with Gasteiger partial charge in [0.2, 0.25) is 0 Å². The van der Waals surface area contributed by atoms with Crippen LogP contribution in [0.2, 0.25) is 0 Å². The molecule has 83 heavy (non-hydrogen) atoms. The summed E-state index contributed by atoms with van der Waals surface area (Å²) in [5.74, 6) is -3.27. The second-order valence-corrected chi connectivity index (χ2v) is 20.9. The summed E-state index contributed by atoms with van der Waals surface area (Å²) in [5, 5.41) is 31.6. The molecule has 12 nitrogen and oxygen atoms in total. The topological polar surface area (TPSA) is 175 Å². The molecule has 1 saturated heterocycles. The van der Waals surface area contributed by atoms with Gasteiger partial charge < -0.3 is 39.0 Å². The molecular formula is C71H110O12. The van der Waals surface area contributed by atoms with Gasteiger partial charge >= 0.3 is 23.9 Å². The van der Waals surface area contributed by atoms with Gasteiger partial charge in [-0.3, -0.25) is 14.4 Å². The highest BCUT2D eigenvalue weighted by Crippen LogP contribution is 2.26. The normalized spacial score (nSPS) is 18.6. The van der Waals surface area contributed by atoms with E-state index in [0.717, 1.165) is 141 Å². The largest absolute Gasteiger partial charge is 0.479 e. The molecule has 0 saturated carbocycles. The first-order chi connectivity index (χ1) is 40.6. The van der Waals surface area contributed by atoms with Crippen LogP contribution in [0.25, 0.3) is 0 Å². The lowest BCUT2D eigenvalue weighted by Gasteiger charge is -2.40. The van der Waals surface area contributed by atoms with Crippen molar-refractivity contribution < 1.29 is 58.2 Å². The predicted octanol–water partition coefficient (Wildman–Crippen LogP) is 17.1.